The van der Waals surface area contributed by atoms with Gasteiger partial charge in [-0.2, -0.15) is 0 Å². The molecule has 22 heavy (non-hydrogen) atoms. The van der Waals surface area contributed by atoms with Crippen LogP contribution in [0, 0.1) is 6.92 Å². The van der Waals surface area contributed by atoms with Gasteiger partial charge in [-0.05, 0) is 54.5 Å². The molecule has 3 nitrogen and oxygen atoms in total. The Morgan fingerprint density at radius 1 is 1.41 bits per heavy atom. The third-order valence-electron chi connectivity index (χ3n) is 4.23. The minimum atomic E-state index is 0. The highest BCUT2D eigenvalue weighted by Gasteiger charge is 2.31. The van der Waals surface area contributed by atoms with Gasteiger partial charge in [0.2, 0.25) is 0 Å². The van der Waals surface area contributed by atoms with Gasteiger partial charge in [-0.15, -0.1) is 23.7 Å². The molecule has 0 fully saturated rings. The largest absolute Gasteiger partial charge is 0.399 e. The molecule has 0 bridgehead atoms. The van der Waals surface area contributed by atoms with E-state index < -0.39 is 0 Å². The van der Waals surface area contributed by atoms with E-state index >= 15 is 0 Å². The lowest BCUT2D eigenvalue weighted by Crippen LogP contribution is -2.39. The van der Waals surface area contributed by atoms with Gasteiger partial charge in [0, 0.05) is 22.7 Å². The monoisotopic (exact) mass is 336 g/mol. The molecule has 0 aliphatic carbocycles. The first-order chi connectivity index (χ1) is 10.1. The number of hydrogen-bond donors (Lipinski definition) is 1. The van der Waals surface area contributed by atoms with E-state index in [0.717, 1.165) is 30.5 Å². The predicted molar refractivity (Wildman–Crippen MR) is 94.9 cm³/mol. The van der Waals surface area contributed by atoms with Gasteiger partial charge in [0.1, 0.15) is 0 Å². The molecule has 3 rings (SSSR count). The highest BCUT2D eigenvalue weighted by atomic mass is 35.5. The first-order valence-corrected chi connectivity index (χ1v) is 8.23. The van der Waals surface area contributed by atoms with Gasteiger partial charge >= 0.3 is 0 Å². The number of carbonyl (C=O) groups excluding carboxylic acids is 1. The minimum absolute atomic E-state index is 0. The van der Waals surface area contributed by atoms with Crippen LogP contribution in [0.2, 0.25) is 0 Å². The van der Waals surface area contributed by atoms with Gasteiger partial charge in [-0.25, -0.2) is 0 Å². The summed E-state index contributed by atoms with van der Waals surface area (Å²) in [4.78, 5) is 16.4. The molecule has 1 amide bonds. The second-order valence-electron chi connectivity index (χ2n) is 5.55. The fourth-order valence-electron chi connectivity index (χ4n) is 3.10. The number of amides is 1. The Hall–Kier alpha value is -1.52. The van der Waals surface area contributed by atoms with Crippen LogP contribution in [0.4, 0.5) is 5.69 Å². The van der Waals surface area contributed by atoms with Crippen LogP contribution in [0.5, 0.6) is 0 Å². The number of anilines is 1. The molecule has 1 aliphatic rings. The quantitative estimate of drug-likeness (QED) is 0.835. The summed E-state index contributed by atoms with van der Waals surface area (Å²) in [5.41, 5.74) is 9.53. The molecular formula is C17H21ClN2OS. The van der Waals surface area contributed by atoms with Crippen LogP contribution in [0.1, 0.15) is 45.7 Å². The van der Waals surface area contributed by atoms with Gasteiger partial charge in [-0.1, -0.05) is 13.0 Å². The van der Waals surface area contributed by atoms with Crippen molar-refractivity contribution in [3.05, 3.63) is 51.2 Å². The summed E-state index contributed by atoms with van der Waals surface area (Å²) in [5.74, 6) is 0.100. The van der Waals surface area contributed by atoms with E-state index in [1.165, 1.54) is 10.4 Å². The van der Waals surface area contributed by atoms with Crippen LogP contribution < -0.4 is 5.73 Å². The Balaban J connectivity index is 0.00000176. The molecule has 1 aliphatic heterocycles. The van der Waals surface area contributed by atoms with E-state index in [-0.39, 0.29) is 24.4 Å². The Kier molecular flexibility index (Phi) is 5.14. The van der Waals surface area contributed by atoms with Crippen molar-refractivity contribution in [2.75, 3.05) is 12.3 Å². The number of hydrogen-bond acceptors (Lipinski definition) is 3. The summed E-state index contributed by atoms with van der Waals surface area (Å²) in [6.07, 6.45) is 1.90. The fraction of sp³-hybridized carbons (Fsp3) is 0.353. The smallest absolute Gasteiger partial charge is 0.254 e. The standard InChI is InChI=1S/C17H20N2OS.ClH/c1-3-15-13-7-9-21-16(13)6-8-19(15)17(20)14-10-12(18)5-4-11(14)2;/h4-5,7,9-10,15H,3,6,8,18H2,1-2H3;1H. The summed E-state index contributed by atoms with van der Waals surface area (Å²) >= 11 is 1.80. The molecule has 1 aromatic heterocycles. The van der Waals surface area contributed by atoms with Crippen LogP contribution in [-0.2, 0) is 6.42 Å². The minimum Gasteiger partial charge on any atom is -0.399 e. The van der Waals surface area contributed by atoms with Crippen molar-refractivity contribution in [3.8, 4) is 0 Å². The summed E-state index contributed by atoms with van der Waals surface area (Å²) in [7, 11) is 0. The number of aryl methyl sites for hydroxylation is 1. The summed E-state index contributed by atoms with van der Waals surface area (Å²) in [5, 5.41) is 2.13. The SMILES string of the molecule is CCC1c2ccsc2CCN1C(=O)c1cc(N)ccc1C.Cl. The van der Waals surface area contributed by atoms with Crippen molar-refractivity contribution in [1.82, 2.24) is 4.90 Å². The van der Waals surface area contributed by atoms with Crippen molar-refractivity contribution in [2.45, 2.75) is 32.7 Å². The molecule has 1 unspecified atom stereocenters. The Morgan fingerprint density at radius 3 is 2.91 bits per heavy atom. The van der Waals surface area contributed by atoms with Crippen LogP contribution >= 0.6 is 23.7 Å². The number of halogens is 1. The normalized spacial score (nSPS) is 16.8. The molecule has 1 atom stereocenters. The molecule has 1 aromatic carbocycles. The second kappa shape index (κ2) is 6.71. The Labute approximate surface area is 141 Å². The number of benzene rings is 1. The van der Waals surface area contributed by atoms with Gasteiger partial charge in [-0.3, -0.25) is 4.79 Å². The summed E-state index contributed by atoms with van der Waals surface area (Å²) in [6, 6.07) is 7.92. The fourth-order valence-corrected chi connectivity index (χ4v) is 4.03. The highest BCUT2D eigenvalue weighted by molar-refractivity contribution is 7.10. The van der Waals surface area contributed by atoms with Crippen LogP contribution in [-0.4, -0.2) is 17.4 Å². The molecule has 2 aromatic rings. The van der Waals surface area contributed by atoms with Crippen molar-refractivity contribution < 1.29 is 4.79 Å². The van der Waals surface area contributed by atoms with Crippen LogP contribution in [0.25, 0.3) is 0 Å². The zero-order valence-electron chi connectivity index (χ0n) is 12.8. The average Bonchev–Trinajstić information content (AvgIpc) is 2.96. The van der Waals surface area contributed by atoms with Gasteiger partial charge in [0.25, 0.3) is 5.91 Å². The highest BCUT2D eigenvalue weighted by Crippen LogP contribution is 2.36. The topological polar surface area (TPSA) is 46.3 Å². The molecule has 5 heteroatoms. The third-order valence-corrected chi connectivity index (χ3v) is 5.23. The zero-order valence-corrected chi connectivity index (χ0v) is 14.5. The number of thiophene rings is 1. The molecule has 118 valence electrons. The number of fused-ring (bicyclic) bond motifs is 1. The van der Waals surface area contributed by atoms with Crippen molar-refractivity contribution in [1.29, 1.82) is 0 Å². The van der Waals surface area contributed by atoms with Crippen molar-refractivity contribution >= 4 is 35.3 Å². The summed E-state index contributed by atoms with van der Waals surface area (Å²) in [6.45, 7) is 4.90. The molecule has 0 radical (unpaired) electrons. The van der Waals surface area contributed by atoms with E-state index in [2.05, 4.69) is 18.4 Å². The van der Waals surface area contributed by atoms with E-state index in [1.807, 2.05) is 24.0 Å². The predicted octanol–water partition coefficient (Wildman–Crippen LogP) is 4.21. The maximum Gasteiger partial charge on any atom is 0.254 e. The molecule has 2 heterocycles. The lowest BCUT2D eigenvalue weighted by molar-refractivity contribution is 0.0657. The molecule has 0 spiro atoms. The second-order valence-corrected chi connectivity index (χ2v) is 6.55. The molecule has 2 N–H and O–H groups in total. The van der Waals surface area contributed by atoms with Gasteiger partial charge in [0.15, 0.2) is 0 Å². The number of rotatable bonds is 2. The van der Waals surface area contributed by atoms with Crippen molar-refractivity contribution in [2.24, 2.45) is 0 Å². The number of nitrogens with two attached hydrogens (primary N) is 1. The van der Waals surface area contributed by atoms with Gasteiger partial charge in [0.05, 0.1) is 6.04 Å². The lowest BCUT2D eigenvalue weighted by Gasteiger charge is -2.36. The maximum atomic E-state index is 12.9. The van der Waals surface area contributed by atoms with E-state index in [9.17, 15) is 4.79 Å². The lowest BCUT2D eigenvalue weighted by atomic mass is 9.96. The first kappa shape index (κ1) is 16.8. The molecular weight excluding hydrogens is 316 g/mol. The molecule has 0 saturated carbocycles. The van der Waals surface area contributed by atoms with E-state index in [0.29, 0.717) is 5.69 Å². The Morgan fingerprint density at radius 2 is 2.18 bits per heavy atom. The van der Waals surface area contributed by atoms with E-state index in [1.54, 1.807) is 17.4 Å². The first-order valence-electron chi connectivity index (χ1n) is 7.35. The van der Waals surface area contributed by atoms with Crippen LogP contribution in [0.15, 0.2) is 29.6 Å². The summed E-state index contributed by atoms with van der Waals surface area (Å²) < 4.78 is 0. The molecule has 0 saturated heterocycles. The average molecular weight is 337 g/mol. The van der Waals surface area contributed by atoms with Crippen molar-refractivity contribution in [3.63, 3.8) is 0 Å². The third kappa shape index (κ3) is 2.85. The Bertz CT molecular complexity index is 683. The maximum absolute atomic E-state index is 12.9. The number of carbonyl (C=O) groups is 1. The van der Waals surface area contributed by atoms with E-state index in [4.69, 9.17) is 5.73 Å². The number of nitrogens with zero attached hydrogens (tertiary/aromatic N) is 1. The zero-order chi connectivity index (χ0) is 15.0. The van der Waals surface area contributed by atoms with Gasteiger partial charge < -0.3 is 10.6 Å². The number of nitrogen functional groups attached to an aromatic ring is 1. The van der Waals surface area contributed by atoms with Crippen LogP contribution in [0.3, 0.4) is 0 Å².